The third-order valence-corrected chi connectivity index (χ3v) is 4.21. The first-order chi connectivity index (χ1) is 9.17. The van der Waals surface area contributed by atoms with Crippen LogP contribution in [0.1, 0.15) is 38.8 Å². The van der Waals surface area contributed by atoms with Crippen molar-refractivity contribution in [1.29, 1.82) is 0 Å². The van der Waals surface area contributed by atoms with E-state index in [9.17, 15) is 0 Å². The molecule has 0 bridgehead atoms. The zero-order chi connectivity index (χ0) is 13.8. The van der Waals surface area contributed by atoms with Gasteiger partial charge >= 0.3 is 0 Å². The van der Waals surface area contributed by atoms with Crippen LogP contribution in [0, 0.1) is 5.92 Å². The summed E-state index contributed by atoms with van der Waals surface area (Å²) in [4.78, 5) is 2.55. The molecule has 1 aromatic carbocycles. The molecule has 3 atom stereocenters. The van der Waals surface area contributed by atoms with Crippen molar-refractivity contribution in [2.45, 2.75) is 39.3 Å². The highest BCUT2D eigenvalue weighted by Gasteiger charge is 2.32. The van der Waals surface area contributed by atoms with Crippen LogP contribution < -0.4 is 10.5 Å². The summed E-state index contributed by atoms with van der Waals surface area (Å²) in [6, 6.07) is 9.36. The number of hydrogen-bond acceptors (Lipinski definition) is 3. The van der Waals surface area contributed by atoms with Crippen LogP contribution in [0.3, 0.4) is 0 Å². The first kappa shape index (κ1) is 14.4. The molecule has 3 nitrogen and oxygen atoms in total. The van der Waals surface area contributed by atoms with Crippen LogP contribution in [0.5, 0.6) is 5.75 Å². The van der Waals surface area contributed by atoms with Gasteiger partial charge in [0.05, 0.1) is 6.61 Å². The van der Waals surface area contributed by atoms with E-state index in [0.717, 1.165) is 18.8 Å². The molecular formula is C16H26N2O. The number of nitrogens with zero attached hydrogens (tertiary/aromatic N) is 1. The van der Waals surface area contributed by atoms with Gasteiger partial charge in [0.25, 0.3) is 0 Å². The highest BCUT2D eigenvalue weighted by molar-refractivity contribution is 5.35. The van der Waals surface area contributed by atoms with E-state index in [1.165, 1.54) is 12.0 Å². The summed E-state index contributed by atoms with van der Waals surface area (Å²) in [5.74, 6) is 1.65. The standard InChI is InChI=1S/C16H26N2O/c1-4-19-16-8-6-5-7-15(16)13(3)18-11-14(10-17)9-12(18)2/h5-8,12-14H,4,9-11,17H2,1-3H3. The average molecular weight is 262 g/mol. The van der Waals surface area contributed by atoms with Gasteiger partial charge in [-0.3, -0.25) is 4.90 Å². The van der Waals surface area contributed by atoms with Gasteiger partial charge in [0.1, 0.15) is 5.75 Å². The van der Waals surface area contributed by atoms with Crippen molar-refractivity contribution < 1.29 is 4.74 Å². The second-order valence-electron chi connectivity index (χ2n) is 5.53. The SMILES string of the molecule is CCOc1ccccc1C(C)N1CC(CN)CC1C. The molecule has 1 heterocycles. The summed E-state index contributed by atoms with van der Waals surface area (Å²) in [6.45, 7) is 9.21. The molecule has 0 saturated carbocycles. The molecule has 0 amide bonds. The summed E-state index contributed by atoms with van der Waals surface area (Å²) < 4.78 is 5.75. The first-order valence-corrected chi connectivity index (χ1v) is 7.34. The average Bonchev–Trinajstić information content (AvgIpc) is 2.80. The zero-order valence-corrected chi connectivity index (χ0v) is 12.3. The summed E-state index contributed by atoms with van der Waals surface area (Å²) in [6.07, 6.45) is 1.21. The van der Waals surface area contributed by atoms with Crippen molar-refractivity contribution >= 4 is 0 Å². The minimum Gasteiger partial charge on any atom is -0.494 e. The molecule has 0 radical (unpaired) electrons. The molecule has 1 aliphatic rings. The maximum absolute atomic E-state index is 5.82. The number of benzene rings is 1. The van der Waals surface area contributed by atoms with Crippen molar-refractivity contribution in [3.63, 3.8) is 0 Å². The fourth-order valence-corrected chi connectivity index (χ4v) is 3.17. The maximum atomic E-state index is 5.82. The predicted octanol–water partition coefficient (Wildman–Crippen LogP) is 2.82. The second-order valence-corrected chi connectivity index (χ2v) is 5.53. The van der Waals surface area contributed by atoms with E-state index in [-0.39, 0.29) is 0 Å². The van der Waals surface area contributed by atoms with Crippen LogP contribution in [-0.2, 0) is 0 Å². The Labute approximate surface area is 116 Å². The Morgan fingerprint density at radius 3 is 2.79 bits per heavy atom. The number of para-hydroxylation sites is 1. The van der Waals surface area contributed by atoms with Gasteiger partial charge in [-0.25, -0.2) is 0 Å². The minimum atomic E-state index is 0.384. The fraction of sp³-hybridized carbons (Fsp3) is 0.625. The van der Waals surface area contributed by atoms with Crippen LogP contribution in [0.15, 0.2) is 24.3 Å². The lowest BCUT2D eigenvalue weighted by Crippen LogP contribution is -2.31. The highest BCUT2D eigenvalue weighted by atomic mass is 16.5. The zero-order valence-electron chi connectivity index (χ0n) is 12.3. The van der Waals surface area contributed by atoms with Gasteiger partial charge in [-0.15, -0.1) is 0 Å². The predicted molar refractivity (Wildman–Crippen MR) is 79.4 cm³/mol. The van der Waals surface area contributed by atoms with E-state index in [1.807, 2.05) is 13.0 Å². The topological polar surface area (TPSA) is 38.5 Å². The first-order valence-electron chi connectivity index (χ1n) is 7.34. The third-order valence-electron chi connectivity index (χ3n) is 4.21. The maximum Gasteiger partial charge on any atom is 0.124 e. The van der Waals surface area contributed by atoms with Gasteiger partial charge in [-0.2, -0.15) is 0 Å². The van der Waals surface area contributed by atoms with Crippen LogP contribution >= 0.6 is 0 Å². The van der Waals surface area contributed by atoms with Crippen molar-refractivity contribution in [3.05, 3.63) is 29.8 Å². The van der Waals surface area contributed by atoms with Crippen molar-refractivity contribution in [2.24, 2.45) is 11.7 Å². The molecule has 19 heavy (non-hydrogen) atoms. The smallest absolute Gasteiger partial charge is 0.124 e. The van der Waals surface area contributed by atoms with Crippen molar-refractivity contribution in [3.8, 4) is 5.75 Å². The second kappa shape index (κ2) is 6.40. The minimum absolute atomic E-state index is 0.384. The van der Waals surface area contributed by atoms with E-state index in [0.29, 0.717) is 24.6 Å². The van der Waals surface area contributed by atoms with Gasteiger partial charge in [0, 0.05) is 24.2 Å². The number of rotatable bonds is 5. The molecular weight excluding hydrogens is 236 g/mol. The number of likely N-dealkylation sites (tertiary alicyclic amines) is 1. The van der Waals surface area contributed by atoms with Crippen LogP contribution in [0.25, 0.3) is 0 Å². The molecule has 1 fully saturated rings. The Hall–Kier alpha value is -1.06. The molecule has 2 rings (SSSR count). The van der Waals surface area contributed by atoms with Gasteiger partial charge in [-0.1, -0.05) is 18.2 Å². The lowest BCUT2D eigenvalue weighted by molar-refractivity contribution is 0.195. The van der Waals surface area contributed by atoms with Gasteiger partial charge in [-0.05, 0) is 45.7 Å². The van der Waals surface area contributed by atoms with E-state index in [2.05, 4.69) is 36.9 Å². The van der Waals surface area contributed by atoms with Gasteiger partial charge in [0.2, 0.25) is 0 Å². The number of nitrogens with two attached hydrogens (primary N) is 1. The molecule has 0 spiro atoms. The Morgan fingerprint density at radius 1 is 1.42 bits per heavy atom. The molecule has 0 aliphatic carbocycles. The third kappa shape index (κ3) is 3.10. The highest BCUT2D eigenvalue weighted by Crippen LogP contribution is 2.35. The lowest BCUT2D eigenvalue weighted by Gasteiger charge is -2.30. The molecule has 3 heteroatoms. The molecule has 1 saturated heterocycles. The van der Waals surface area contributed by atoms with Gasteiger partial charge < -0.3 is 10.5 Å². The summed E-state index contributed by atoms with van der Waals surface area (Å²) in [5.41, 5.74) is 7.11. The summed E-state index contributed by atoms with van der Waals surface area (Å²) in [5, 5.41) is 0. The number of hydrogen-bond donors (Lipinski definition) is 1. The largest absolute Gasteiger partial charge is 0.494 e. The molecule has 106 valence electrons. The Bertz CT molecular complexity index is 407. The van der Waals surface area contributed by atoms with Crippen LogP contribution in [-0.4, -0.2) is 30.6 Å². The molecule has 2 N–H and O–H groups in total. The quantitative estimate of drug-likeness (QED) is 0.887. The molecule has 3 unspecified atom stereocenters. The molecule has 1 aliphatic heterocycles. The van der Waals surface area contributed by atoms with E-state index in [4.69, 9.17) is 10.5 Å². The summed E-state index contributed by atoms with van der Waals surface area (Å²) in [7, 11) is 0. The Morgan fingerprint density at radius 2 is 2.16 bits per heavy atom. The Kier molecular flexibility index (Phi) is 4.83. The van der Waals surface area contributed by atoms with Crippen LogP contribution in [0.2, 0.25) is 0 Å². The van der Waals surface area contributed by atoms with Crippen molar-refractivity contribution in [2.75, 3.05) is 19.7 Å². The fourth-order valence-electron chi connectivity index (χ4n) is 3.17. The van der Waals surface area contributed by atoms with E-state index >= 15 is 0 Å². The summed E-state index contributed by atoms with van der Waals surface area (Å²) >= 11 is 0. The van der Waals surface area contributed by atoms with E-state index in [1.54, 1.807) is 0 Å². The van der Waals surface area contributed by atoms with Crippen LogP contribution in [0.4, 0.5) is 0 Å². The lowest BCUT2D eigenvalue weighted by atomic mass is 10.0. The normalized spacial score (nSPS) is 25.5. The van der Waals surface area contributed by atoms with Crippen molar-refractivity contribution in [1.82, 2.24) is 4.90 Å². The van der Waals surface area contributed by atoms with E-state index < -0.39 is 0 Å². The molecule has 0 aromatic heterocycles. The number of ether oxygens (including phenoxy) is 1. The Balaban J connectivity index is 2.17. The monoisotopic (exact) mass is 262 g/mol. The van der Waals surface area contributed by atoms with Gasteiger partial charge in [0.15, 0.2) is 0 Å². The molecule has 1 aromatic rings.